The molecule has 1 saturated heterocycles. The molecule has 4 aliphatic rings. The summed E-state index contributed by atoms with van der Waals surface area (Å²) in [5, 5.41) is 25.9. The number of esters is 2. The second-order valence-corrected chi connectivity index (χ2v) is 12.5. The summed E-state index contributed by atoms with van der Waals surface area (Å²) in [5.74, 6) is -2.32. The average Bonchev–Trinajstić information content (AvgIpc) is 3.45. The number of ether oxygens (including phenoxy) is 4. The van der Waals surface area contributed by atoms with Crippen LogP contribution in [0.25, 0.3) is 0 Å². The highest BCUT2D eigenvalue weighted by Gasteiger charge is 2.73. The number of cyclic esters (lactones) is 1. The van der Waals surface area contributed by atoms with Crippen LogP contribution in [0, 0.1) is 29.1 Å². The Kier molecular flexibility index (Phi) is 7.14. The number of rotatable bonds is 4. The molecule has 8 nitrogen and oxygen atoms in total. The minimum Gasteiger partial charge on any atom is -0.457 e. The van der Waals surface area contributed by atoms with E-state index < -0.39 is 59.6 Å². The molecule has 2 aliphatic heterocycles. The number of hydrogen-bond donors (Lipinski definition) is 2. The molecule has 3 heterocycles. The zero-order valence-electron chi connectivity index (χ0n) is 22.7. The lowest BCUT2D eigenvalue weighted by Crippen LogP contribution is -2.61. The van der Waals surface area contributed by atoms with E-state index in [9.17, 15) is 19.8 Å². The number of methoxy groups -OCH3 is 1. The molecule has 5 rings (SSSR count). The van der Waals surface area contributed by atoms with Gasteiger partial charge < -0.3 is 29.2 Å². The summed E-state index contributed by atoms with van der Waals surface area (Å²) >= 11 is 1.42. The van der Waals surface area contributed by atoms with Crippen LogP contribution < -0.4 is 0 Å². The maximum atomic E-state index is 13.1. The van der Waals surface area contributed by atoms with Crippen LogP contribution in [0.4, 0.5) is 0 Å². The molecule has 38 heavy (non-hydrogen) atoms. The van der Waals surface area contributed by atoms with E-state index in [2.05, 4.69) is 19.1 Å². The molecule has 0 radical (unpaired) electrons. The monoisotopic (exact) mass is 546 g/mol. The molecule has 0 amide bonds. The maximum absolute atomic E-state index is 13.1. The van der Waals surface area contributed by atoms with E-state index in [0.29, 0.717) is 5.56 Å². The van der Waals surface area contributed by atoms with Crippen LogP contribution in [-0.4, -0.2) is 71.5 Å². The molecule has 1 aromatic rings. The summed E-state index contributed by atoms with van der Waals surface area (Å²) in [6, 6.07) is 1.72. The smallest absolute Gasteiger partial charge is 0.339 e. The minimum atomic E-state index is -0.961. The molecule has 1 aromatic heterocycles. The summed E-state index contributed by atoms with van der Waals surface area (Å²) in [7, 11) is 1.47. The van der Waals surface area contributed by atoms with Crippen LogP contribution in [-0.2, 0) is 23.7 Å². The summed E-state index contributed by atoms with van der Waals surface area (Å²) in [6.45, 7) is 9.44. The predicted molar refractivity (Wildman–Crippen MR) is 140 cm³/mol. The third-order valence-electron chi connectivity index (χ3n) is 9.39. The van der Waals surface area contributed by atoms with Crippen molar-refractivity contribution in [2.45, 2.75) is 83.3 Å². The molecular weight excluding hydrogens is 508 g/mol. The topological polar surface area (TPSA) is 112 Å². The summed E-state index contributed by atoms with van der Waals surface area (Å²) in [6.07, 6.45) is 1.85. The van der Waals surface area contributed by atoms with Crippen molar-refractivity contribution < 1.29 is 38.7 Å². The number of aliphatic hydroxyl groups is 2. The highest BCUT2D eigenvalue weighted by atomic mass is 32.1. The fourth-order valence-electron chi connectivity index (χ4n) is 7.47. The first-order valence-electron chi connectivity index (χ1n) is 13.3. The van der Waals surface area contributed by atoms with Gasteiger partial charge in [0.15, 0.2) is 6.10 Å². The van der Waals surface area contributed by atoms with E-state index in [-0.39, 0.29) is 30.1 Å². The number of hydrogen-bond acceptors (Lipinski definition) is 9. The van der Waals surface area contributed by atoms with Crippen LogP contribution in [0.2, 0.25) is 0 Å². The van der Waals surface area contributed by atoms with Gasteiger partial charge in [-0.1, -0.05) is 39.0 Å². The Morgan fingerprint density at radius 2 is 2.05 bits per heavy atom. The van der Waals surface area contributed by atoms with Gasteiger partial charge in [-0.3, -0.25) is 0 Å². The zero-order chi connectivity index (χ0) is 27.6. The second-order valence-electron chi connectivity index (χ2n) is 11.7. The quantitative estimate of drug-likeness (QED) is 0.436. The van der Waals surface area contributed by atoms with Gasteiger partial charge in [-0.2, -0.15) is 11.3 Å². The molecular formula is C29H38O8S. The molecule has 208 valence electrons. The van der Waals surface area contributed by atoms with Gasteiger partial charge >= 0.3 is 11.9 Å². The highest BCUT2D eigenvalue weighted by molar-refractivity contribution is 7.08. The van der Waals surface area contributed by atoms with Crippen molar-refractivity contribution in [1.82, 2.24) is 0 Å². The Balaban J connectivity index is 1.62. The third-order valence-corrected chi connectivity index (χ3v) is 10.1. The summed E-state index contributed by atoms with van der Waals surface area (Å²) < 4.78 is 24.4. The minimum absolute atomic E-state index is 0.275. The Bertz CT molecular complexity index is 1130. The van der Waals surface area contributed by atoms with Gasteiger partial charge in [0.1, 0.15) is 23.9 Å². The van der Waals surface area contributed by atoms with E-state index in [1.54, 1.807) is 18.4 Å². The molecule has 9 heteroatoms. The number of aliphatic hydroxyl groups excluding tert-OH is 2. The van der Waals surface area contributed by atoms with Crippen LogP contribution in [0.3, 0.4) is 0 Å². The SMILES string of the molecule is CO[C@H]1C[C@H]2C=C[C@]3(C)[C@H]4[C@H](O)[C@@H](C)[C@@H](OC(=O)c5ccsc5)[C@@H]3O[C@@]24/C(C)=C/[C@@H](C)[C@@H]([C@@H](C)O)OC1=O. The van der Waals surface area contributed by atoms with Gasteiger partial charge in [0, 0.05) is 41.6 Å². The van der Waals surface area contributed by atoms with Crippen molar-refractivity contribution in [1.29, 1.82) is 0 Å². The predicted octanol–water partition coefficient (Wildman–Crippen LogP) is 3.52. The normalized spacial score (nSPS) is 46.4. The van der Waals surface area contributed by atoms with Gasteiger partial charge in [0.25, 0.3) is 0 Å². The van der Waals surface area contributed by atoms with Gasteiger partial charge in [0.2, 0.25) is 0 Å². The van der Waals surface area contributed by atoms with Crippen LogP contribution in [0.1, 0.15) is 51.4 Å². The summed E-state index contributed by atoms with van der Waals surface area (Å²) in [4.78, 5) is 26.1. The number of carbonyl (C=O) groups is 2. The lowest BCUT2D eigenvalue weighted by molar-refractivity contribution is -0.172. The Morgan fingerprint density at radius 1 is 1.32 bits per heavy atom. The van der Waals surface area contributed by atoms with E-state index >= 15 is 0 Å². The fourth-order valence-corrected chi connectivity index (χ4v) is 8.09. The van der Waals surface area contributed by atoms with Crippen LogP contribution >= 0.6 is 11.3 Å². The zero-order valence-corrected chi connectivity index (χ0v) is 23.5. The first-order valence-corrected chi connectivity index (χ1v) is 14.3. The largest absolute Gasteiger partial charge is 0.457 e. The molecule has 2 fully saturated rings. The number of thiophene rings is 1. The molecule has 1 spiro atoms. The first-order chi connectivity index (χ1) is 18.0. The molecule has 12 atom stereocenters. The first kappa shape index (κ1) is 27.5. The summed E-state index contributed by atoms with van der Waals surface area (Å²) in [5.41, 5.74) is -0.201. The second kappa shape index (κ2) is 9.86. The Morgan fingerprint density at radius 3 is 2.68 bits per heavy atom. The van der Waals surface area contributed by atoms with E-state index in [4.69, 9.17) is 18.9 Å². The fraction of sp³-hybridized carbons (Fsp3) is 0.655. The molecule has 0 unspecified atom stereocenters. The van der Waals surface area contributed by atoms with Crippen molar-refractivity contribution in [3.8, 4) is 0 Å². The maximum Gasteiger partial charge on any atom is 0.339 e. The molecule has 2 aliphatic carbocycles. The van der Waals surface area contributed by atoms with Crippen molar-refractivity contribution in [2.24, 2.45) is 29.1 Å². The van der Waals surface area contributed by atoms with Crippen molar-refractivity contribution in [2.75, 3.05) is 7.11 Å². The molecule has 0 aromatic carbocycles. The van der Waals surface area contributed by atoms with Crippen molar-refractivity contribution in [3.63, 3.8) is 0 Å². The Labute approximate surface area is 227 Å². The van der Waals surface area contributed by atoms with Gasteiger partial charge in [-0.25, -0.2) is 9.59 Å². The van der Waals surface area contributed by atoms with Crippen LogP contribution in [0.15, 0.2) is 40.6 Å². The van der Waals surface area contributed by atoms with E-state index in [0.717, 1.165) is 5.57 Å². The molecule has 1 saturated carbocycles. The third kappa shape index (κ3) is 4.01. The molecule has 2 N–H and O–H groups in total. The van der Waals surface area contributed by atoms with Crippen LogP contribution in [0.5, 0.6) is 0 Å². The lowest BCUT2D eigenvalue weighted by atomic mass is 9.51. The van der Waals surface area contributed by atoms with Gasteiger partial charge in [-0.05, 0) is 37.3 Å². The Hall–Kier alpha value is -2.04. The highest BCUT2D eigenvalue weighted by Crippen LogP contribution is 2.66. The van der Waals surface area contributed by atoms with E-state index in [1.165, 1.54) is 18.4 Å². The van der Waals surface area contributed by atoms with E-state index in [1.807, 2.05) is 32.2 Å². The standard InChI is InChI=1S/C29H38O8S/c1-14-11-15(2)29-19(12-20(34-6)27(33)35-22(14)17(4)30)7-9-28(5)24(29)21(31)16(3)23(25(28)37-29)36-26(32)18-8-10-38-13-18/h7-11,13-14,16-17,19-25,30-31H,12H2,1-6H3/b15-11+/t14-,16-,17-,19-,20+,21-,22+,23-,24-,25+,28-,29+/m1/s1. The van der Waals surface area contributed by atoms with Gasteiger partial charge in [-0.15, -0.1) is 0 Å². The molecule has 4 bridgehead atoms. The van der Waals surface area contributed by atoms with Crippen molar-refractivity contribution in [3.05, 3.63) is 46.2 Å². The van der Waals surface area contributed by atoms with Gasteiger partial charge in [0.05, 0.1) is 17.8 Å². The lowest BCUT2D eigenvalue weighted by Gasteiger charge is -2.53. The number of carbonyl (C=O) groups excluding carboxylic acids is 2. The van der Waals surface area contributed by atoms with Crippen molar-refractivity contribution >= 4 is 23.3 Å². The average molecular weight is 547 g/mol.